The smallest absolute Gasteiger partial charge is 0.0401 e. The van der Waals surface area contributed by atoms with Crippen molar-refractivity contribution in [1.82, 2.24) is 5.32 Å². The van der Waals surface area contributed by atoms with Crippen LogP contribution in [0.1, 0.15) is 42.5 Å². The summed E-state index contributed by atoms with van der Waals surface area (Å²) in [5.41, 5.74) is 7.12. The standard InChI is InChI=1S/C23H27N/c1-5-7-10-21(6-2)23-11-8-9-20(16-23)17-24-19(4)22-14-12-18(3)13-15-22/h6-16,24H,4-5,17H2,1-3H3/b10-7-,21-6+. The summed E-state index contributed by atoms with van der Waals surface area (Å²) < 4.78 is 0. The third-order valence-corrected chi connectivity index (χ3v) is 4.01. The molecule has 0 aromatic heterocycles. The van der Waals surface area contributed by atoms with Crippen LogP contribution in [0, 0.1) is 6.92 Å². The number of hydrogen-bond acceptors (Lipinski definition) is 1. The first-order valence-corrected chi connectivity index (χ1v) is 8.56. The number of aryl methyl sites for hydroxylation is 1. The molecule has 0 fully saturated rings. The van der Waals surface area contributed by atoms with E-state index < -0.39 is 0 Å². The molecule has 24 heavy (non-hydrogen) atoms. The topological polar surface area (TPSA) is 12.0 Å². The summed E-state index contributed by atoms with van der Waals surface area (Å²) in [7, 11) is 0. The highest BCUT2D eigenvalue weighted by Gasteiger charge is 2.01. The average Bonchev–Trinajstić information content (AvgIpc) is 2.61. The van der Waals surface area contributed by atoms with Gasteiger partial charge >= 0.3 is 0 Å². The molecule has 2 aromatic rings. The van der Waals surface area contributed by atoms with Crippen LogP contribution in [0.2, 0.25) is 0 Å². The van der Waals surface area contributed by atoms with Crippen molar-refractivity contribution in [3.63, 3.8) is 0 Å². The molecule has 2 rings (SSSR count). The van der Waals surface area contributed by atoms with Gasteiger partial charge in [0.2, 0.25) is 0 Å². The van der Waals surface area contributed by atoms with Crippen LogP contribution in [-0.4, -0.2) is 0 Å². The van der Waals surface area contributed by atoms with Crippen LogP contribution in [0.25, 0.3) is 11.3 Å². The summed E-state index contributed by atoms with van der Waals surface area (Å²) in [5.74, 6) is 0. The fraction of sp³-hybridized carbons (Fsp3) is 0.217. The third kappa shape index (κ3) is 4.99. The molecule has 0 aliphatic rings. The maximum atomic E-state index is 4.15. The zero-order valence-corrected chi connectivity index (χ0v) is 15.0. The van der Waals surface area contributed by atoms with E-state index in [4.69, 9.17) is 0 Å². The minimum atomic E-state index is 0.773. The molecule has 0 amide bonds. The number of hydrogen-bond donors (Lipinski definition) is 1. The summed E-state index contributed by atoms with van der Waals surface area (Å²) in [6.45, 7) is 11.3. The quantitative estimate of drug-likeness (QED) is 0.606. The van der Waals surface area contributed by atoms with E-state index in [2.05, 4.69) is 99.4 Å². The largest absolute Gasteiger partial charge is 0.381 e. The molecular formula is C23H27N. The van der Waals surface area contributed by atoms with Gasteiger partial charge in [-0.3, -0.25) is 0 Å². The predicted molar refractivity (Wildman–Crippen MR) is 107 cm³/mol. The second kappa shape index (κ2) is 8.93. The van der Waals surface area contributed by atoms with Crippen molar-refractivity contribution in [2.75, 3.05) is 0 Å². The van der Waals surface area contributed by atoms with Crippen LogP contribution >= 0.6 is 0 Å². The second-order valence-electron chi connectivity index (χ2n) is 5.95. The maximum Gasteiger partial charge on any atom is 0.0401 e. The van der Waals surface area contributed by atoms with Gasteiger partial charge in [-0.1, -0.05) is 79.8 Å². The van der Waals surface area contributed by atoms with Crippen molar-refractivity contribution in [2.24, 2.45) is 0 Å². The number of rotatable bonds is 7. The van der Waals surface area contributed by atoms with E-state index >= 15 is 0 Å². The highest BCUT2D eigenvalue weighted by molar-refractivity contribution is 5.74. The Hall–Kier alpha value is -2.54. The van der Waals surface area contributed by atoms with Crippen molar-refractivity contribution in [1.29, 1.82) is 0 Å². The highest BCUT2D eigenvalue weighted by Crippen LogP contribution is 2.18. The number of nitrogens with one attached hydrogen (secondary N) is 1. The van der Waals surface area contributed by atoms with Gasteiger partial charge in [0.25, 0.3) is 0 Å². The zero-order chi connectivity index (χ0) is 17.4. The van der Waals surface area contributed by atoms with Crippen LogP contribution in [0.5, 0.6) is 0 Å². The van der Waals surface area contributed by atoms with Gasteiger partial charge in [-0.25, -0.2) is 0 Å². The van der Waals surface area contributed by atoms with Crippen molar-refractivity contribution < 1.29 is 0 Å². The molecule has 0 atom stereocenters. The zero-order valence-electron chi connectivity index (χ0n) is 15.0. The summed E-state index contributed by atoms with van der Waals surface area (Å²) in [6.07, 6.45) is 7.59. The van der Waals surface area contributed by atoms with Gasteiger partial charge in [-0.2, -0.15) is 0 Å². The van der Waals surface area contributed by atoms with Crippen LogP contribution < -0.4 is 5.32 Å². The molecule has 124 valence electrons. The van der Waals surface area contributed by atoms with Gasteiger partial charge in [0.15, 0.2) is 0 Å². The summed E-state index contributed by atoms with van der Waals surface area (Å²) >= 11 is 0. The summed E-state index contributed by atoms with van der Waals surface area (Å²) in [6, 6.07) is 17.1. The van der Waals surface area contributed by atoms with E-state index in [0.717, 1.165) is 24.2 Å². The molecule has 0 unspecified atom stereocenters. The first-order chi connectivity index (χ1) is 11.6. The molecule has 1 nitrogen and oxygen atoms in total. The lowest BCUT2D eigenvalue weighted by Gasteiger charge is -2.11. The minimum absolute atomic E-state index is 0.773. The van der Waals surface area contributed by atoms with Crippen LogP contribution in [0.3, 0.4) is 0 Å². The van der Waals surface area contributed by atoms with Crippen molar-refractivity contribution >= 4 is 11.3 Å². The molecule has 0 aliphatic heterocycles. The fourth-order valence-electron chi connectivity index (χ4n) is 2.53. The van der Waals surface area contributed by atoms with Crippen LogP contribution in [0.15, 0.2) is 73.3 Å². The Balaban J connectivity index is 2.05. The van der Waals surface area contributed by atoms with Gasteiger partial charge in [0, 0.05) is 12.2 Å². The molecule has 0 aliphatic carbocycles. The van der Waals surface area contributed by atoms with E-state index in [1.807, 2.05) is 0 Å². The lowest BCUT2D eigenvalue weighted by Crippen LogP contribution is -2.11. The van der Waals surface area contributed by atoms with E-state index in [0.29, 0.717) is 0 Å². The Labute approximate surface area is 146 Å². The molecule has 0 saturated carbocycles. The average molecular weight is 317 g/mol. The highest BCUT2D eigenvalue weighted by atomic mass is 14.9. The molecule has 0 spiro atoms. The molecular weight excluding hydrogens is 290 g/mol. The molecule has 0 saturated heterocycles. The van der Waals surface area contributed by atoms with Gasteiger partial charge in [-0.05, 0) is 48.6 Å². The third-order valence-electron chi connectivity index (χ3n) is 4.01. The Morgan fingerprint density at radius 1 is 1.08 bits per heavy atom. The van der Waals surface area contributed by atoms with Crippen LogP contribution in [0.4, 0.5) is 0 Å². The van der Waals surface area contributed by atoms with Gasteiger partial charge < -0.3 is 5.32 Å². The Bertz CT molecular complexity index is 733. The lowest BCUT2D eigenvalue weighted by atomic mass is 10.0. The van der Waals surface area contributed by atoms with Gasteiger partial charge in [0.1, 0.15) is 0 Å². The molecule has 2 aromatic carbocycles. The Morgan fingerprint density at radius 2 is 1.83 bits per heavy atom. The first-order valence-electron chi connectivity index (χ1n) is 8.56. The SMILES string of the molecule is C=C(NCc1cccc(C(/C=C\CC)=C/C)c1)c1ccc(C)cc1. The molecule has 1 N–H and O–H groups in total. The maximum absolute atomic E-state index is 4.15. The van der Waals surface area contributed by atoms with Gasteiger partial charge in [-0.15, -0.1) is 0 Å². The predicted octanol–water partition coefficient (Wildman–Crippen LogP) is 6.13. The van der Waals surface area contributed by atoms with E-state index in [1.165, 1.54) is 22.3 Å². The number of allylic oxidation sites excluding steroid dienone is 4. The summed E-state index contributed by atoms with van der Waals surface area (Å²) in [5, 5.41) is 3.43. The molecule has 0 bridgehead atoms. The van der Waals surface area contributed by atoms with Gasteiger partial charge in [0.05, 0.1) is 0 Å². The van der Waals surface area contributed by atoms with Crippen molar-refractivity contribution in [2.45, 2.75) is 33.7 Å². The van der Waals surface area contributed by atoms with Crippen molar-refractivity contribution in [3.8, 4) is 0 Å². The first kappa shape index (κ1) is 17.8. The molecule has 0 radical (unpaired) electrons. The number of benzene rings is 2. The normalized spacial score (nSPS) is 11.7. The molecule has 1 heteroatoms. The summed E-state index contributed by atoms with van der Waals surface area (Å²) in [4.78, 5) is 0. The van der Waals surface area contributed by atoms with E-state index in [1.54, 1.807) is 0 Å². The van der Waals surface area contributed by atoms with Crippen molar-refractivity contribution in [3.05, 3.63) is 95.6 Å². The minimum Gasteiger partial charge on any atom is -0.381 e. The van der Waals surface area contributed by atoms with E-state index in [9.17, 15) is 0 Å². The monoisotopic (exact) mass is 317 g/mol. The van der Waals surface area contributed by atoms with E-state index in [-0.39, 0.29) is 0 Å². The Kier molecular flexibility index (Phi) is 6.62. The van der Waals surface area contributed by atoms with Crippen LogP contribution in [-0.2, 0) is 6.54 Å². The Morgan fingerprint density at radius 3 is 2.50 bits per heavy atom. The lowest BCUT2D eigenvalue weighted by molar-refractivity contribution is 0.891. The molecule has 0 heterocycles. The second-order valence-corrected chi connectivity index (χ2v) is 5.95. The fourth-order valence-corrected chi connectivity index (χ4v) is 2.53.